The van der Waals surface area contributed by atoms with E-state index in [4.69, 9.17) is 13.9 Å². The zero-order chi connectivity index (χ0) is 34.8. The van der Waals surface area contributed by atoms with Gasteiger partial charge in [-0.2, -0.15) is 0 Å². The lowest BCUT2D eigenvalue weighted by atomic mass is 10.1. The monoisotopic (exact) mass is 658 g/mol. The number of H-pyrrole nitrogens is 1. The number of carbonyl (C=O) groups is 3. The van der Waals surface area contributed by atoms with E-state index in [1.807, 2.05) is 91.8 Å². The Bertz CT molecular complexity index is 1800. The summed E-state index contributed by atoms with van der Waals surface area (Å²) in [4.78, 5) is 54.5. The second-order valence-electron chi connectivity index (χ2n) is 14.2. The molecule has 3 amide bonds. The van der Waals surface area contributed by atoms with Gasteiger partial charge in [0.1, 0.15) is 23.1 Å². The molecule has 1 aliphatic rings. The maximum Gasteiger partial charge on any atom is 0.410 e. The molecule has 0 bridgehead atoms. The largest absolute Gasteiger partial charge is 0.444 e. The Morgan fingerprint density at radius 3 is 2.48 bits per heavy atom. The van der Waals surface area contributed by atoms with Gasteiger partial charge < -0.3 is 29.1 Å². The molecule has 3 heterocycles. The Hall–Kier alpha value is -4.87. The predicted molar refractivity (Wildman–Crippen MR) is 183 cm³/mol. The molecule has 0 radical (unpaired) electrons. The fourth-order valence-corrected chi connectivity index (χ4v) is 5.53. The van der Waals surface area contributed by atoms with Gasteiger partial charge in [-0.1, -0.05) is 13.0 Å². The minimum absolute atomic E-state index is 0.261. The Labute approximate surface area is 281 Å². The number of hydrogen-bond donors (Lipinski definition) is 2. The maximum atomic E-state index is 13.3. The zero-order valence-electron chi connectivity index (χ0n) is 29.1. The summed E-state index contributed by atoms with van der Waals surface area (Å²) >= 11 is 0. The molecule has 1 atom stereocenters. The Morgan fingerprint density at radius 2 is 1.77 bits per heavy atom. The van der Waals surface area contributed by atoms with Crippen molar-refractivity contribution in [3.05, 3.63) is 54.0 Å². The van der Waals surface area contributed by atoms with Crippen LogP contribution in [-0.4, -0.2) is 73.2 Å². The fraction of sp³-hybridized carbons (Fsp3) is 0.472. The molecule has 5 rings (SSSR count). The number of benzene rings is 2. The number of nitrogens with zero attached hydrogens (tertiary/aromatic N) is 4. The van der Waals surface area contributed by atoms with Crippen molar-refractivity contribution >= 4 is 34.8 Å². The number of aromatic nitrogens is 3. The molecule has 2 aromatic heterocycles. The molecule has 12 heteroatoms. The van der Waals surface area contributed by atoms with Crippen LogP contribution >= 0.6 is 0 Å². The highest BCUT2D eigenvalue weighted by molar-refractivity contribution is 5.98. The van der Waals surface area contributed by atoms with E-state index in [1.54, 1.807) is 11.1 Å². The topological polar surface area (TPSA) is 143 Å². The SMILES string of the molecule is CCCN(Cc1nc2ccc(-c3cnc(-c4ccc(C)c(NC(=O)[C@@H]5CCCN5C(=O)OC(C)(C)C)c4)o3)cc2[nH]1)C(=O)OC(C)(C)C. The second-order valence-corrected chi connectivity index (χ2v) is 14.2. The standard InChI is InChI=1S/C36H46N6O6/c1-9-16-41(33(44)47-35(3,4)5)21-30-38-25-15-14-23(18-27(25)39-30)29-20-37-32(46-29)24-13-12-22(2)26(19-24)40-31(43)28-11-10-17-42(28)34(45)48-36(6,7)8/h12-15,18-20,28H,9-11,16-17,21H2,1-8H3,(H,38,39)(H,40,43)/t28-/m0/s1. The van der Waals surface area contributed by atoms with Crippen LogP contribution in [0.4, 0.5) is 15.3 Å². The van der Waals surface area contributed by atoms with E-state index in [9.17, 15) is 14.4 Å². The zero-order valence-corrected chi connectivity index (χ0v) is 29.1. The third-order valence-corrected chi connectivity index (χ3v) is 7.73. The molecule has 0 spiro atoms. The summed E-state index contributed by atoms with van der Waals surface area (Å²) in [5, 5.41) is 3.01. The van der Waals surface area contributed by atoms with E-state index >= 15 is 0 Å². The molecule has 2 N–H and O–H groups in total. The average Bonchev–Trinajstić information content (AvgIpc) is 3.75. The summed E-state index contributed by atoms with van der Waals surface area (Å²) in [5.74, 6) is 1.35. The Balaban J connectivity index is 1.30. The van der Waals surface area contributed by atoms with Gasteiger partial charge in [0.05, 0.1) is 23.8 Å². The molecule has 4 aromatic rings. The number of imidazole rings is 1. The number of anilines is 1. The van der Waals surface area contributed by atoms with E-state index in [2.05, 4.69) is 20.3 Å². The van der Waals surface area contributed by atoms with Crippen LogP contribution in [-0.2, 0) is 20.8 Å². The number of aryl methyl sites for hydroxylation is 1. The maximum absolute atomic E-state index is 13.3. The summed E-state index contributed by atoms with van der Waals surface area (Å²) < 4.78 is 17.3. The molecular formula is C36H46N6O6. The number of amides is 3. The molecule has 0 aliphatic carbocycles. The van der Waals surface area contributed by atoms with Crippen LogP contribution < -0.4 is 5.32 Å². The molecule has 1 aliphatic heterocycles. The number of nitrogens with one attached hydrogen (secondary N) is 2. The lowest BCUT2D eigenvalue weighted by molar-refractivity contribution is -0.120. The van der Waals surface area contributed by atoms with Crippen molar-refractivity contribution in [2.24, 2.45) is 0 Å². The number of rotatable bonds is 8. The van der Waals surface area contributed by atoms with Gasteiger partial charge in [0.2, 0.25) is 11.8 Å². The lowest BCUT2D eigenvalue weighted by Gasteiger charge is -2.28. The van der Waals surface area contributed by atoms with E-state index in [1.165, 1.54) is 4.90 Å². The first-order chi connectivity index (χ1) is 22.6. The molecule has 2 aromatic carbocycles. The third kappa shape index (κ3) is 8.34. The smallest absolute Gasteiger partial charge is 0.410 e. The van der Waals surface area contributed by atoms with Crippen LogP contribution in [0.1, 0.15) is 79.1 Å². The number of oxazole rings is 1. The van der Waals surface area contributed by atoms with Crippen LogP contribution in [0.3, 0.4) is 0 Å². The molecular weight excluding hydrogens is 612 g/mol. The van der Waals surface area contributed by atoms with Crippen LogP contribution in [0.2, 0.25) is 0 Å². The van der Waals surface area contributed by atoms with Crippen molar-refractivity contribution < 1.29 is 28.3 Å². The van der Waals surface area contributed by atoms with Gasteiger partial charge in [-0.3, -0.25) is 9.69 Å². The number of carbonyl (C=O) groups excluding carboxylic acids is 3. The van der Waals surface area contributed by atoms with Crippen LogP contribution in [0, 0.1) is 6.92 Å². The fourth-order valence-electron chi connectivity index (χ4n) is 5.53. The number of ether oxygens (including phenoxy) is 2. The highest BCUT2D eigenvalue weighted by Gasteiger charge is 2.37. The first-order valence-electron chi connectivity index (χ1n) is 16.4. The van der Waals surface area contributed by atoms with E-state index in [-0.39, 0.29) is 12.0 Å². The van der Waals surface area contributed by atoms with Gasteiger partial charge in [0.25, 0.3) is 0 Å². The highest BCUT2D eigenvalue weighted by Crippen LogP contribution is 2.31. The summed E-state index contributed by atoms with van der Waals surface area (Å²) in [6, 6.07) is 10.7. The molecule has 256 valence electrons. The Morgan fingerprint density at radius 1 is 1.04 bits per heavy atom. The molecule has 48 heavy (non-hydrogen) atoms. The van der Waals surface area contributed by atoms with E-state index in [0.717, 1.165) is 35.0 Å². The van der Waals surface area contributed by atoms with Gasteiger partial charge in [-0.05, 0) is 104 Å². The number of likely N-dealkylation sites (tertiary alicyclic amines) is 1. The van der Waals surface area contributed by atoms with Gasteiger partial charge >= 0.3 is 12.2 Å². The first kappa shape index (κ1) is 34.5. The number of aromatic amines is 1. The van der Waals surface area contributed by atoms with Gasteiger partial charge in [0.15, 0.2) is 5.76 Å². The van der Waals surface area contributed by atoms with Crippen LogP contribution in [0.15, 0.2) is 47.0 Å². The van der Waals surface area contributed by atoms with E-state index < -0.39 is 23.3 Å². The van der Waals surface area contributed by atoms with Gasteiger partial charge in [0, 0.05) is 29.9 Å². The number of fused-ring (bicyclic) bond motifs is 1. The molecule has 0 unspecified atom stereocenters. The van der Waals surface area contributed by atoms with Gasteiger partial charge in [-0.15, -0.1) is 0 Å². The minimum atomic E-state index is -0.646. The van der Waals surface area contributed by atoms with Crippen LogP contribution in [0.25, 0.3) is 33.8 Å². The first-order valence-corrected chi connectivity index (χ1v) is 16.4. The predicted octanol–water partition coefficient (Wildman–Crippen LogP) is 7.68. The molecule has 0 saturated carbocycles. The van der Waals surface area contributed by atoms with Crippen molar-refractivity contribution in [3.63, 3.8) is 0 Å². The Kier molecular flexibility index (Phi) is 9.84. The van der Waals surface area contributed by atoms with Crippen molar-refractivity contribution in [2.75, 3.05) is 18.4 Å². The quantitative estimate of drug-likeness (QED) is 0.196. The summed E-state index contributed by atoms with van der Waals surface area (Å²) in [5.41, 5.74) is 3.31. The highest BCUT2D eigenvalue weighted by atomic mass is 16.6. The normalized spacial score (nSPS) is 15.1. The van der Waals surface area contributed by atoms with E-state index in [0.29, 0.717) is 54.8 Å². The van der Waals surface area contributed by atoms with Gasteiger partial charge in [-0.25, -0.2) is 19.6 Å². The van der Waals surface area contributed by atoms with Crippen molar-refractivity contribution in [1.29, 1.82) is 0 Å². The second kappa shape index (κ2) is 13.7. The third-order valence-electron chi connectivity index (χ3n) is 7.73. The van der Waals surface area contributed by atoms with Crippen LogP contribution in [0.5, 0.6) is 0 Å². The van der Waals surface area contributed by atoms with Crippen molar-refractivity contribution in [2.45, 2.75) is 98.4 Å². The molecule has 1 saturated heterocycles. The minimum Gasteiger partial charge on any atom is -0.444 e. The molecule has 1 fully saturated rings. The average molecular weight is 659 g/mol. The summed E-state index contributed by atoms with van der Waals surface area (Å²) in [6.45, 7) is 16.2. The van der Waals surface area contributed by atoms with Crippen molar-refractivity contribution in [1.82, 2.24) is 24.8 Å². The van der Waals surface area contributed by atoms with Crippen molar-refractivity contribution in [3.8, 4) is 22.8 Å². The summed E-state index contributed by atoms with van der Waals surface area (Å²) in [7, 11) is 0. The molecule has 12 nitrogen and oxygen atoms in total. The summed E-state index contributed by atoms with van der Waals surface area (Å²) in [6.07, 6.45) is 2.88. The lowest BCUT2D eigenvalue weighted by Crippen LogP contribution is -2.45. The number of hydrogen-bond acceptors (Lipinski definition) is 8.